The number of nitrogens with zero attached hydrogens (tertiary/aromatic N) is 1. The summed E-state index contributed by atoms with van der Waals surface area (Å²) in [6, 6.07) is 6.46. The molecule has 1 aromatic heterocycles. The molecule has 122 valence electrons. The molecular weight excluding hydrogens is 297 g/mol. The predicted octanol–water partition coefficient (Wildman–Crippen LogP) is 2.61. The number of nitrogens with one attached hydrogen (secondary N) is 1. The molecule has 1 aromatic carbocycles. The molecule has 0 radical (unpaired) electrons. The third-order valence-corrected chi connectivity index (χ3v) is 4.34. The fourth-order valence-electron chi connectivity index (χ4n) is 3.11. The maximum absolute atomic E-state index is 13.7. The van der Waals surface area contributed by atoms with Crippen LogP contribution in [0.3, 0.4) is 0 Å². The normalized spacial score (nSPS) is 21.3. The lowest BCUT2D eigenvalue weighted by Gasteiger charge is -2.29. The van der Waals surface area contributed by atoms with E-state index in [4.69, 9.17) is 10.2 Å². The van der Waals surface area contributed by atoms with Gasteiger partial charge in [0.25, 0.3) is 0 Å². The molecule has 2 atom stereocenters. The minimum atomic E-state index is -0.343. The standard InChI is InChI=1S/C17H20FN3O2/c18-13-7-3-1-5-11(13)15-9-21-16(23-15)10-20-14-8-4-2-6-12(14)17(19)22/h1,3,5,7,9,12,14,20H,2,4,6,8,10H2,(H2,19,22)/t12-,14+/m1/s1. The van der Waals surface area contributed by atoms with Crippen molar-refractivity contribution < 1.29 is 13.6 Å². The predicted molar refractivity (Wildman–Crippen MR) is 83.7 cm³/mol. The number of hydrogen-bond acceptors (Lipinski definition) is 4. The van der Waals surface area contributed by atoms with E-state index in [1.54, 1.807) is 18.2 Å². The Kier molecular flexibility index (Phi) is 4.71. The van der Waals surface area contributed by atoms with E-state index in [0.717, 1.165) is 25.7 Å². The molecule has 0 bridgehead atoms. The average molecular weight is 317 g/mol. The lowest BCUT2D eigenvalue weighted by Crippen LogP contribution is -2.44. The van der Waals surface area contributed by atoms with Crippen LogP contribution in [0.25, 0.3) is 11.3 Å². The number of nitrogens with two attached hydrogens (primary N) is 1. The lowest BCUT2D eigenvalue weighted by molar-refractivity contribution is -0.123. The number of oxazole rings is 1. The Morgan fingerprint density at radius 3 is 2.91 bits per heavy atom. The van der Waals surface area contributed by atoms with Crippen LogP contribution in [-0.4, -0.2) is 16.9 Å². The van der Waals surface area contributed by atoms with Crippen LogP contribution in [0.2, 0.25) is 0 Å². The molecule has 3 rings (SSSR count). The van der Waals surface area contributed by atoms with Gasteiger partial charge >= 0.3 is 0 Å². The van der Waals surface area contributed by atoms with E-state index in [9.17, 15) is 9.18 Å². The molecule has 0 unspecified atom stereocenters. The van der Waals surface area contributed by atoms with Gasteiger partial charge < -0.3 is 15.5 Å². The van der Waals surface area contributed by atoms with E-state index in [1.807, 2.05) is 0 Å². The van der Waals surface area contributed by atoms with E-state index in [1.165, 1.54) is 12.3 Å². The second-order valence-electron chi connectivity index (χ2n) is 5.88. The first-order valence-electron chi connectivity index (χ1n) is 7.87. The molecule has 0 spiro atoms. The highest BCUT2D eigenvalue weighted by Gasteiger charge is 2.29. The Hall–Kier alpha value is -2.21. The van der Waals surface area contributed by atoms with E-state index < -0.39 is 0 Å². The van der Waals surface area contributed by atoms with Gasteiger partial charge in [-0.05, 0) is 25.0 Å². The molecule has 1 aliphatic carbocycles. The minimum Gasteiger partial charge on any atom is -0.439 e. The number of primary amides is 1. The van der Waals surface area contributed by atoms with Crippen molar-refractivity contribution in [3.63, 3.8) is 0 Å². The molecule has 1 saturated carbocycles. The van der Waals surface area contributed by atoms with E-state index >= 15 is 0 Å². The van der Waals surface area contributed by atoms with Gasteiger partial charge in [0, 0.05) is 6.04 Å². The zero-order valence-electron chi connectivity index (χ0n) is 12.8. The van der Waals surface area contributed by atoms with Crippen LogP contribution in [0.15, 0.2) is 34.9 Å². The molecule has 23 heavy (non-hydrogen) atoms. The summed E-state index contributed by atoms with van der Waals surface area (Å²) in [6.07, 6.45) is 5.35. The maximum Gasteiger partial charge on any atom is 0.222 e. The van der Waals surface area contributed by atoms with Crippen molar-refractivity contribution >= 4 is 5.91 Å². The Balaban J connectivity index is 1.65. The number of carbonyl (C=O) groups excluding carboxylic acids is 1. The zero-order chi connectivity index (χ0) is 16.2. The van der Waals surface area contributed by atoms with Gasteiger partial charge in [0.15, 0.2) is 5.76 Å². The van der Waals surface area contributed by atoms with Gasteiger partial charge in [-0.25, -0.2) is 9.37 Å². The summed E-state index contributed by atoms with van der Waals surface area (Å²) in [4.78, 5) is 15.7. The van der Waals surface area contributed by atoms with Gasteiger partial charge in [-0.2, -0.15) is 0 Å². The fraction of sp³-hybridized carbons (Fsp3) is 0.412. The molecule has 1 amide bonds. The summed E-state index contributed by atoms with van der Waals surface area (Å²) in [7, 11) is 0. The maximum atomic E-state index is 13.7. The summed E-state index contributed by atoms with van der Waals surface area (Å²) >= 11 is 0. The molecule has 0 saturated heterocycles. The molecule has 2 aromatic rings. The molecule has 6 heteroatoms. The van der Waals surface area contributed by atoms with Crippen molar-refractivity contribution in [2.45, 2.75) is 38.3 Å². The summed E-state index contributed by atoms with van der Waals surface area (Å²) in [5.74, 6) is 0.114. The van der Waals surface area contributed by atoms with Crippen LogP contribution < -0.4 is 11.1 Å². The van der Waals surface area contributed by atoms with Gasteiger partial charge in [0.05, 0.1) is 24.2 Å². The Morgan fingerprint density at radius 2 is 2.13 bits per heavy atom. The number of amides is 1. The number of hydrogen-bond donors (Lipinski definition) is 2. The Labute approximate surface area is 134 Å². The van der Waals surface area contributed by atoms with E-state index in [2.05, 4.69) is 10.3 Å². The summed E-state index contributed by atoms with van der Waals surface area (Å²) in [5.41, 5.74) is 5.85. The second-order valence-corrected chi connectivity index (χ2v) is 5.88. The van der Waals surface area contributed by atoms with Crippen molar-refractivity contribution in [2.24, 2.45) is 11.7 Å². The fourth-order valence-corrected chi connectivity index (χ4v) is 3.11. The van der Waals surface area contributed by atoms with Gasteiger partial charge in [-0.1, -0.05) is 25.0 Å². The van der Waals surface area contributed by atoms with Crippen molar-refractivity contribution in [1.29, 1.82) is 0 Å². The number of aromatic nitrogens is 1. The number of carbonyl (C=O) groups is 1. The largest absolute Gasteiger partial charge is 0.439 e. The third-order valence-electron chi connectivity index (χ3n) is 4.34. The van der Waals surface area contributed by atoms with E-state index in [0.29, 0.717) is 23.8 Å². The molecule has 0 aliphatic heterocycles. The number of halogens is 1. The van der Waals surface area contributed by atoms with Crippen LogP contribution in [0.1, 0.15) is 31.6 Å². The Bertz CT molecular complexity index is 686. The first-order valence-corrected chi connectivity index (χ1v) is 7.87. The Morgan fingerprint density at radius 1 is 1.35 bits per heavy atom. The molecule has 1 heterocycles. The molecule has 3 N–H and O–H groups in total. The highest BCUT2D eigenvalue weighted by molar-refractivity contribution is 5.77. The first-order chi connectivity index (χ1) is 11.1. The average Bonchev–Trinajstić information content (AvgIpc) is 3.02. The van der Waals surface area contributed by atoms with Crippen LogP contribution in [-0.2, 0) is 11.3 Å². The van der Waals surface area contributed by atoms with Gasteiger partial charge in [-0.3, -0.25) is 4.79 Å². The molecule has 1 fully saturated rings. The van der Waals surface area contributed by atoms with Crippen LogP contribution in [0.4, 0.5) is 4.39 Å². The molecular formula is C17H20FN3O2. The van der Waals surface area contributed by atoms with Crippen molar-refractivity contribution in [3.05, 3.63) is 42.2 Å². The van der Waals surface area contributed by atoms with Gasteiger partial charge in [0.1, 0.15) is 5.82 Å². The van der Waals surface area contributed by atoms with Gasteiger partial charge in [0.2, 0.25) is 11.8 Å². The highest BCUT2D eigenvalue weighted by Crippen LogP contribution is 2.26. The van der Waals surface area contributed by atoms with Crippen LogP contribution >= 0.6 is 0 Å². The highest BCUT2D eigenvalue weighted by atomic mass is 19.1. The van der Waals surface area contributed by atoms with Crippen molar-refractivity contribution in [1.82, 2.24) is 10.3 Å². The number of rotatable bonds is 5. The van der Waals surface area contributed by atoms with Crippen molar-refractivity contribution in [2.75, 3.05) is 0 Å². The lowest BCUT2D eigenvalue weighted by atomic mass is 9.84. The van der Waals surface area contributed by atoms with Gasteiger partial charge in [-0.15, -0.1) is 0 Å². The monoisotopic (exact) mass is 317 g/mol. The first kappa shape index (κ1) is 15.7. The molecule has 1 aliphatic rings. The summed E-state index contributed by atoms with van der Waals surface area (Å²) in [5, 5.41) is 3.30. The minimum absolute atomic E-state index is 0.0464. The summed E-state index contributed by atoms with van der Waals surface area (Å²) < 4.78 is 19.4. The van der Waals surface area contributed by atoms with Crippen LogP contribution in [0, 0.1) is 11.7 Å². The van der Waals surface area contributed by atoms with Crippen molar-refractivity contribution in [3.8, 4) is 11.3 Å². The quantitative estimate of drug-likeness (QED) is 0.888. The topological polar surface area (TPSA) is 81.2 Å². The molecule has 5 nitrogen and oxygen atoms in total. The van der Waals surface area contributed by atoms with E-state index in [-0.39, 0.29) is 23.7 Å². The second kappa shape index (κ2) is 6.91. The zero-order valence-corrected chi connectivity index (χ0v) is 12.8. The van der Waals surface area contributed by atoms with Crippen LogP contribution in [0.5, 0.6) is 0 Å². The SMILES string of the molecule is NC(=O)[C@@H]1CCCC[C@@H]1NCc1ncc(-c2ccccc2F)o1. The number of benzene rings is 1. The smallest absolute Gasteiger partial charge is 0.222 e. The summed E-state index contributed by atoms with van der Waals surface area (Å²) in [6.45, 7) is 0.392. The third kappa shape index (κ3) is 3.59.